The predicted molar refractivity (Wildman–Crippen MR) is 124 cm³/mol. The number of ketones is 1. The Balaban J connectivity index is 2.42. The van der Waals surface area contributed by atoms with Crippen LogP contribution >= 0.6 is 0 Å². The normalized spacial score (nSPS) is 19.8. The third-order valence-corrected chi connectivity index (χ3v) is 6.35. The molecule has 0 aromatic rings. The molecule has 0 spiro atoms. The van der Waals surface area contributed by atoms with Crippen molar-refractivity contribution in [2.75, 3.05) is 13.7 Å². The Hall–Kier alpha value is -1.73. The Labute approximate surface area is 193 Å². The quantitative estimate of drug-likeness (QED) is 0.342. The average Bonchev–Trinajstić information content (AvgIpc) is 2.62. The van der Waals surface area contributed by atoms with Gasteiger partial charge < -0.3 is 14.2 Å². The topological polar surface area (TPSA) is 82.1 Å². The zero-order chi connectivity index (χ0) is 24.9. The molecule has 7 heteroatoms. The van der Waals surface area contributed by atoms with E-state index in [4.69, 9.17) is 14.2 Å². The minimum absolute atomic E-state index is 0.0112. The molecule has 0 saturated carbocycles. The van der Waals surface area contributed by atoms with E-state index < -0.39 is 17.7 Å². The van der Waals surface area contributed by atoms with Crippen molar-refractivity contribution < 1.29 is 28.6 Å². The van der Waals surface area contributed by atoms with E-state index in [0.29, 0.717) is 12.0 Å². The molecule has 1 fully saturated rings. The summed E-state index contributed by atoms with van der Waals surface area (Å²) < 4.78 is 16.7. The first-order valence-corrected chi connectivity index (χ1v) is 11.4. The largest absolute Gasteiger partial charge is 0.462 e. The van der Waals surface area contributed by atoms with E-state index in [1.54, 1.807) is 27.7 Å². The highest BCUT2D eigenvalue weighted by atomic mass is 16.6. The smallest absolute Gasteiger partial charge is 0.306 e. The van der Waals surface area contributed by atoms with E-state index in [0.717, 1.165) is 12.8 Å². The van der Waals surface area contributed by atoms with Gasteiger partial charge in [-0.15, -0.1) is 0 Å². The van der Waals surface area contributed by atoms with Crippen molar-refractivity contribution in [1.29, 1.82) is 0 Å². The number of nitrogens with zero attached hydrogens (tertiary/aromatic N) is 1. The number of hydrogen-bond acceptors (Lipinski definition) is 7. The highest BCUT2D eigenvalue weighted by Gasteiger charge is 2.44. The van der Waals surface area contributed by atoms with Crippen molar-refractivity contribution in [2.24, 2.45) is 0 Å². The van der Waals surface area contributed by atoms with Crippen molar-refractivity contribution in [2.45, 2.75) is 116 Å². The highest BCUT2D eigenvalue weighted by Crippen LogP contribution is 2.38. The molecule has 32 heavy (non-hydrogen) atoms. The molecule has 7 nitrogen and oxygen atoms in total. The van der Waals surface area contributed by atoms with Crippen LogP contribution in [0.3, 0.4) is 0 Å². The van der Waals surface area contributed by atoms with Crippen LogP contribution < -0.4 is 0 Å². The molecular formula is C25H43NO6. The van der Waals surface area contributed by atoms with Crippen LogP contribution in [0, 0.1) is 0 Å². The van der Waals surface area contributed by atoms with Crippen LogP contribution in [-0.2, 0) is 28.6 Å². The van der Waals surface area contributed by atoms with Crippen LogP contribution in [0.2, 0.25) is 0 Å². The minimum Gasteiger partial charge on any atom is -0.462 e. The van der Waals surface area contributed by atoms with E-state index in [9.17, 15) is 14.4 Å². The molecule has 1 atom stereocenters. The van der Waals surface area contributed by atoms with Gasteiger partial charge in [-0.3, -0.25) is 19.3 Å². The Morgan fingerprint density at radius 1 is 1.06 bits per heavy atom. The molecule has 0 bridgehead atoms. The molecule has 0 amide bonds. The SMILES string of the molecule is C=C(C)C(=O)C(C)OCCC(C)(C)OC(=O)CCC(=O)OC1CC(C)(C)N(C)C(C)(C)C1. The van der Waals surface area contributed by atoms with Gasteiger partial charge in [-0.2, -0.15) is 0 Å². The van der Waals surface area contributed by atoms with Crippen molar-refractivity contribution >= 4 is 17.7 Å². The summed E-state index contributed by atoms with van der Waals surface area (Å²) in [5, 5.41) is 0. The Kier molecular flexibility index (Phi) is 9.66. The zero-order valence-corrected chi connectivity index (χ0v) is 21.5. The van der Waals surface area contributed by atoms with Crippen molar-refractivity contribution in [3.63, 3.8) is 0 Å². The zero-order valence-electron chi connectivity index (χ0n) is 21.5. The summed E-state index contributed by atoms with van der Waals surface area (Å²) in [6.45, 7) is 19.4. The van der Waals surface area contributed by atoms with E-state index in [1.807, 2.05) is 0 Å². The molecule has 0 aromatic carbocycles. The van der Waals surface area contributed by atoms with E-state index in [1.165, 1.54) is 0 Å². The van der Waals surface area contributed by atoms with Gasteiger partial charge in [-0.05, 0) is 68.0 Å². The monoisotopic (exact) mass is 453 g/mol. The van der Waals surface area contributed by atoms with Crippen LogP contribution in [0.1, 0.15) is 87.5 Å². The van der Waals surface area contributed by atoms with E-state index in [-0.39, 0.29) is 48.4 Å². The van der Waals surface area contributed by atoms with E-state index >= 15 is 0 Å². The van der Waals surface area contributed by atoms with Gasteiger partial charge in [0.1, 0.15) is 17.8 Å². The minimum atomic E-state index is -0.769. The second-order valence-electron chi connectivity index (χ2n) is 10.8. The molecule has 1 saturated heterocycles. The Morgan fingerprint density at radius 2 is 1.56 bits per heavy atom. The molecule has 1 heterocycles. The lowest BCUT2D eigenvalue weighted by Crippen LogP contribution is -2.60. The van der Waals surface area contributed by atoms with Gasteiger partial charge in [0.15, 0.2) is 5.78 Å². The average molecular weight is 454 g/mol. The highest BCUT2D eigenvalue weighted by molar-refractivity contribution is 5.97. The molecule has 1 rings (SSSR count). The second kappa shape index (κ2) is 10.9. The van der Waals surface area contributed by atoms with Gasteiger partial charge >= 0.3 is 11.9 Å². The number of likely N-dealkylation sites (tertiary alicyclic amines) is 1. The van der Waals surface area contributed by atoms with Crippen molar-refractivity contribution in [3.8, 4) is 0 Å². The summed E-state index contributed by atoms with van der Waals surface area (Å²) in [4.78, 5) is 38.7. The Morgan fingerprint density at radius 3 is 2.06 bits per heavy atom. The maximum Gasteiger partial charge on any atom is 0.306 e. The number of ether oxygens (including phenoxy) is 3. The standard InChI is InChI=1S/C25H43NO6/c1-17(2)22(29)18(3)30-14-13-25(8,9)32-21(28)12-11-20(27)31-19-15-23(4,5)26(10)24(6,7)16-19/h18-19H,1,11-16H2,2-10H3. The summed E-state index contributed by atoms with van der Waals surface area (Å²) >= 11 is 0. The summed E-state index contributed by atoms with van der Waals surface area (Å²) in [5.41, 5.74) is -0.480. The molecule has 0 aliphatic carbocycles. The van der Waals surface area contributed by atoms with Gasteiger partial charge in [0.2, 0.25) is 0 Å². The number of Topliss-reactive ketones (excluding diaryl/α,β-unsaturated/α-hetero) is 1. The van der Waals surface area contributed by atoms with Crippen LogP contribution in [0.5, 0.6) is 0 Å². The lowest BCUT2D eigenvalue weighted by molar-refractivity contribution is -0.165. The maximum atomic E-state index is 12.3. The predicted octanol–water partition coefficient (Wildman–Crippen LogP) is 4.22. The number of carbonyl (C=O) groups is 3. The van der Waals surface area contributed by atoms with Crippen LogP contribution in [0.25, 0.3) is 0 Å². The fourth-order valence-electron chi connectivity index (χ4n) is 4.13. The lowest BCUT2D eigenvalue weighted by Gasteiger charge is -2.53. The second-order valence-corrected chi connectivity index (χ2v) is 10.8. The molecule has 184 valence electrons. The summed E-state index contributed by atoms with van der Waals surface area (Å²) in [6, 6.07) is 0. The third-order valence-electron chi connectivity index (χ3n) is 6.35. The third kappa shape index (κ3) is 8.66. The van der Waals surface area contributed by atoms with Gasteiger partial charge in [-0.1, -0.05) is 6.58 Å². The molecule has 1 aliphatic heterocycles. The number of piperidine rings is 1. The molecule has 0 radical (unpaired) electrons. The first-order valence-electron chi connectivity index (χ1n) is 11.4. The fourth-order valence-corrected chi connectivity index (χ4v) is 4.13. The van der Waals surface area contributed by atoms with Gasteiger partial charge in [-0.25, -0.2) is 0 Å². The summed E-state index contributed by atoms with van der Waals surface area (Å²) in [5.74, 6) is -0.979. The van der Waals surface area contributed by atoms with Crippen LogP contribution in [0.4, 0.5) is 0 Å². The maximum absolute atomic E-state index is 12.3. The van der Waals surface area contributed by atoms with Crippen LogP contribution in [-0.4, -0.2) is 65.2 Å². The molecule has 1 aliphatic rings. The van der Waals surface area contributed by atoms with Crippen molar-refractivity contribution in [3.05, 3.63) is 12.2 Å². The Bertz CT molecular complexity index is 691. The molecular weight excluding hydrogens is 410 g/mol. The summed E-state index contributed by atoms with van der Waals surface area (Å²) in [6.07, 6.45) is 1.14. The van der Waals surface area contributed by atoms with E-state index in [2.05, 4.69) is 46.2 Å². The lowest BCUT2D eigenvalue weighted by atomic mass is 9.79. The number of carbonyl (C=O) groups excluding carboxylic acids is 3. The summed E-state index contributed by atoms with van der Waals surface area (Å²) in [7, 11) is 2.10. The number of rotatable bonds is 11. The number of hydrogen-bond donors (Lipinski definition) is 0. The molecule has 0 N–H and O–H groups in total. The molecule has 0 aromatic heterocycles. The fraction of sp³-hybridized carbons (Fsp3) is 0.800. The van der Waals surface area contributed by atoms with Crippen molar-refractivity contribution in [1.82, 2.24) is 4.90 Å². The molecule has 1 unspecified atom stereocenters. The van der Waals surface area contributed by atoms with Gasteiger partial charge in [0.25, 0.3) is 0 Å². The van der Waals surface area contributed by atoms with Gasteiger partial charge in [0, 0.05) is 30.3 Å². The van der Waals surface area contributed by atoms with Gasteiger partial charge in [0.05, 0.1) is 19.4 Å². The van der Waals surface area contributed by atoms with Crippen LogP contribution in [0.15, 0.2) is 12.2 Å². The first kappa shape index (κ1) is 28.3. The first-order chi connectivity index (χ1) is 14.5. The number of esters is 2.